The minimum absolute atomic E-state index is 0.213. The van der Waals surface area contributed by atoms with E-state index < -0.39 is 18.8 Å². The maximum atomic E-state index is 13.0. The molecular formula is C16H25O3P. The highest BCUT2D eigenvalue weighted by molar-refractivity contribution is 7.53. The lowest BCUT2D eigenvalue weighted by Gasteiger charge is -2.33. The van der Waals surface area contributed by atoms with Crippen LogP contribution in [0.1, 0.15) is 47.0 Å². The summed E-state index contributed by atoms with van der Waals surface area (Å²) in [5.41, 5.74) is -1.86. The second kappa shape index (κ2) is 7.70. The molecule has 20 heavy (non-hydrogen) atoms. The van der Waals surface area contributed by atoms with Crippen LogP contribution >= 0.6 is 7.60 Å². The Kier molecular flexibility index (Phi) is 7.32. The van der Waals surface area contributed by atoms with Crippen molar-refractivity contribution in [2.24, 2.45) is 0 Å². The van der Waals surface area contributed by atoms with E-state index >= 15 is 0 Å². The van der Waals surface area contributed by atoms with Gasteiger partial charge in [0, 0.05) is 0 Å². The van der Waals surface area contributed by atoms with Gasteiger partial charge >= 0.3 is 7.60 Å². The standard InChI is InChI=1S/C16H25O3P/c1-8-13-14-20(17,18-15(6,9-2)10-3)19-16(7,11-4)12-5/h2,4,8H,1,10,12-14H2,3,5-7H3. The number of hydrogen-bond donors (Lipinski definition) is 0. The van der Waals surface area contributed by atoms with E-state index in [9.17, 15) is 4.57 Å². The van der Waals surface area contributed by atoms with Gasteiger partial charge < -0.3 is 0 Å². The fraction of sp³-hybridized carbons (Fsp3) is 0.625. The van der Waals surface area contributed by atoms with Gasteiger partial charge in [-0.15, -0.1) is 19.4 Å². The fourth-order valence-corrected chi connectivity index (χ4v) is 3.67. The van der Waals surface area contributed by atoms with Gasteiger partial charge in [-0.3, -0.25) is 13.6 Å². The van der Waals surface area contributed by atoms with Gasteiger partial charge in [0.2, 0.25) is 0 Å². The topological polar surface area (TPSA) is 35.5 Å². The third kappa shape index (κ3) is 5.56. The predicted molar refractivity (Wildman–Crippen MR) is 84.5 cm³/mol. The first-order valence-corrected chi connectivity index (χ1v) is 8.52. The zero-order valence-electron chi connectivity index (χ0n) is 12.9. The summed E-state index contributed by atoms with van der Waals surface area (Å²) in [6, 6.07) is 0. The third-order valence-corrected chi connectivity index (χ3v) is 5.42. The summed E-state index contributed by atoms with van der Waals surface area (Å²) in [6.07, 6.45) is 14.4. The molecular weight excluding hydrogens is 271 g/mol. The van der Waals surface area contributed by atoms with E-state index in [0.717, 1.165) is 0 Å². The van der Waals surface area contributed by atoms with E-state index in [1.54, 1.807) is 19.9 Å². The average Bonchev–Trinajstić information content (AvgIpc) is 2.44. The highest BCUT2D eigenvalue weighted by Crippen LogP contribution is 2.55. The van der Waals surface area contributed by atoms with E-state index in [1.165, 1.54) is 0 Å². The molecule has 0 bridgehead atoms. The van der Waals surface area contributed by atoms with E-state index in [-0.39, 0.29) is 6.16 Å². The van der Waals surface area contributed by atoms with Crippen LogP contribution in [0.3, 0.4) is 0 Å². The van der Waals surface area contributed by atoms with Gasteiger partial charge in [-0.2, -0.15) is 0 Å². The first kappa shape index (κ1) is 19.0. The Morgan fingerprint density at radius 2 is 1.55 bits per heavy atom. The smallest absolute Gasteiger partial charge is 0.289 e. The molecule has 0 heterocycles. The number of hydrogen-bond acceptors (Lipinski definition) is 3. The van der Waals surface area contributed by atoms with Crippen molar-refractivity contribution in [2.45, 2.75) is 58.2 Å². The summed E-state index contributed by atoms with van der Waals surface area (Å²) >= 11 is 0. The second-order valence-electron chi connectivity index (χ2n) is 5.05. The fourth-order valence-electron chi connectivity index (χ4n) is 1.36. The molecule has 0 rings (SSSR count). The summed E-state index contributed by atoms with van der Waals surface area (Å²) in [5, 5.41) is 0. The highest BCUT2D eigenvalue weighted by atomic mass is 31.2. The lowest BCUT2D eigenvalue weighted by molar-refractivity contribution is 0.0637. The Hall–Kier alpha value is -0.990. The third-order valence-electron chi connectivity index (χ3n) is 3.25. The maximum absolute atomic E-state index is 13.0. The molecule has 2 unspecified atom stereocenters. The van der Waals surface area contributed by atoms with Crippen LogP contribution in [-0.2, 0) is 13.6 Å². The molecule has 0 aromatic heterocycles. The Bertz CT molecular complexity index is 423. The Morgan fingerprint density at radius 1 is 1.15 bits per heavy atom. The first-order chi connectivity index (χ1) is 9.22. The van der Waals surface area contributed by atoms with Crippen molar-refractivity contribution >= 4 is 7.60 Å². The summed E-state index contributed by atoms with van der Waals surface area (Å²) in [5.74, 6) is 5.06. The molecule has 2 atom stereocenters. The molecule has 3 nitrogen and oxygen atoms in total. The molecule has 4 heteroatoms. The predicted octanol–water partition coefficient (Wildman–Crippen LogP) is 4.39. The summed E-state index contributed by atoms with van der Waals surface area (Å²) < 4.78 is 24.3. The van der Waals surface area contributed by atoms with Gasteiger partial charge in [-0.25, -0.2) is 0 Å². The monoisotopic (exact) mass is 296 g/mol. The normalized spacial score (nSPS) is 19.7. The largest absolute Gasteiger partial charge is 0.333 e. The molecule has 0 aromatic carbocycles. The molecule has 0 fully saturated rings. The van der Waals surface area contributed by atoms with Crippen molar-refractivity contribution in [3.63, 3.8) is 0 Å². The van der Waals surface area contributed by atoms with Crippen LogP contribution in [0.4, 0.5) is 0 Å². The van der Waals surface area contributed by atoms with Crippen LogP contribution in [-0.4, -0.2) is 17.4 Å². The molecule has 0 spiro atoms. The molecule has 0 amide bonds. The number of terminal acetylenes is 2. The molecule has 0 aromatic rings. The molecule has 0 aliphatic heterocycles. The molecule has 0 saturated heterocycles. The molecule has 0 N–H and O–H groups in total. The summed E-state index contributed by atoms with van der Waals surface area (Å²) in [4.78, 5) is 0. The molecule has 112 valence electrons. The first-order valence-electron chi connectivity index (χ1n) is 6.79. The van der Waals surface area contributed by atoms with Gasteiger partial charge in [0.15, 0.2) is 0 Å². The average molecular weight is 296 g/mol. The van der Waals surface area contributed by atoms with Crippen molar-refractivity contribution in [3.05, 3.63) is 12.7 Å². The van der Waals surface area contributed by atoms with Crippen LogP contribution < -0.4 is 0 Å². The van der Waals surface area contributed by atoms with Crippen molar-refractivity contribution in [3.8, 4) is 24.7 Å². The van der Waals surface area contributed by atoms with E-state index in [2.05, 4.69) is 18.4 Å². The molecule has 0 aliphatic rings. The SMILES string of the molecule is C#CC(C)(CC)OP(=O)(CCC=C)OC(C)(C#C)CC. The van der Waals surface area contributed by atoms with Gasteiger partial charge in [0.1, 0.15) is 11.2 Å². The zero-order valence-corrected chi connectivity index (χ0v) is 13.8. The molecule has 0 radical (unpaired) electrons. The lowest BCUT2D eigenvalue weighted by Crippen LogP contribution is -2.30. The molecule has 0 saturated carbocycles. The zero-order chi connectivity index (χ0) is 15.9. The van der Waals surface area contributed by atoms with Crippen LogP contribution in [0.25, 0.3) is 0 Å². The van der Waals surface area contributed by atoms with Crippen LogP contribution in [0, 0.1) is 24.7 Å². The van der Waals surface area contributed by atoms with Gasteiger partial charge in [0.05, 0.1) is 6.16 Å². The number of rotatable bonds is 9. The van der Waals surface area contributed by atoms with Crippen LogP contribution in [0.5, 0.6) is 0 Å². The van der Waals surface area contributed by atoms with Gasteiger partial charge in [-0.1, -0.05) is 31.8 Å². The summed E-state index contributed by atoms with van der Waals surface area (Å²) in [6.45, 7) is 10.8. The highest BCUT2D eigenvalue weighted by Gasteiger charge is 2.39. The van der Waals surface area contributed by atoms with Crippen LogP contribution in [0.15, 0.2) is 12.7 Å². The van der Waals surface area contributed by atoms with E-state index in [1.807, 2.05) is 13.8 Å². The number of allylic oxidation sites excluding steroid dienone is 1. The van der Waals surface area contributed by atoms with Crippen molar-refractivity contribution in [2.75, 3.05) is 6.16 Å². The van der Waals surface area contributed by atoms with E-state index in [4.69, 9.17) is 21.9 Å². The Morgan fingerprint density at radius 3 is 1.80 bits per heavy atom. The van der Waals surface area contributed by atoms with Crippen molar-refractivity contribution < 1.29 is 13.6 Å². The lowest BCUT2D eigenvalue weighted by atomic mass is 10.1. The second-order valence-corrected chi connectivity index (χ2v) is 7.09. The Labute approximate surface area is 123 Å². The van der Waals surface area contributed by atoms with Gasteiger partial charge in [0.25, 0.3) is 0 Å². The Balaban J connectivity index is 5.33. The van der Waals surface area contributed by atoms with E-state index in [0.29, 0.717) is 19.3 Å². The van der Waals surface area contributed by atoms with Crippen molar-refractivity contribution in [1.29, 1.82) is 0 Å². The summed E-state index contributed by atoms with van der Waals surface area (Å²) in [7, 11) is -3.40. The van der Waals surface area contributed by atoms with Crippen molar-refractivity contribution in [1.82, 2.24) is 0 Å². The van der Waals surface area contributed by atoms with Gasteiger partial charge in [-0.05, 0) is 33.1 Å². The van der Waals surface area contributed by atoms with Crippen LogP contribution in [0.2, 0.25) is 0 Å². The minimum atomic E-state index is -3.40. The quantitative estimate of drug-likeness (QED) is 0.359. The molecule has 0 aliphatic carbocycles. The maximum Gasteiger partial charge on any atom is 0.333 e. The minimum Gasteiger partial charge on any atom is -0.289 e.